The second-order valence-electron chi connectivity index (χ2n) is 5.53. The fourth-order valence-corrected chi connectivity index (χ4v) is 3.58. The van der Waals surface area contributed by atoms with Crippen LogP contribution in [0.15, 0.2) is 0 Å². The van der Waals surface area contributed by atoms with E-state index in [4.69, 9.17) is 5.73 Å². The lowest BCUT2D eigenvalue weighted by Crippen LogP contribution is -2.24. The van der Waals surface area contributed by atoms with Crippen molar-refractivity contribution in [2.75, 3.05) is 0 Å². The van der Waals surface area contributed by atoms with E-state index in [-0.39, 0.29) is 0 Å². The first-order valence-electron chi connectivity index (χ1n) is 6.12. The molecule has 2 N–H and O–H groups in total. The molecule has 0 aliphatic heterocycles. The van der Waals surface area contributed by atoms with Gasteiger partial charge in [-0.25, -0.2) is 0 Å². The molecule has 1 nitrogen and oxygen atoms in total. The molecule has 0 amide bonds. The van der Waals surface area contributed by atoms with Gasteiger partial charge in [0.05, 0.1) is 0 Å². The van der Waals surface area contributed by atoms with E-state index in [0.29, 0.717) is 6.04 Å². The van der Waals surface area contributed by atoms with Gasteiger partial charge in [-0.3, -0.25) is 0 Å². The lowest BCUT2D eigenvalue weighted by atomic mass is 10.0. The molecule has 3 aliphatic carbocycles. The minimum Gasteiger partial charge on any atom is -0.327 e. The molecule has 0 heterocycles. The van der Waals surface area contributed by atoms with Crippen molar-refractivity contribution in [2.24, 2.45) is 29.4 Å². The van der Waals surface area contributed by atoms with Gasteiger partial charge in [0, 0.05) is 6.04 Å². The summed E-state index contributed by atoms with van der Waals surface area (Å²) < 4.78 is 0. The summed E-state index contributed by atoms with van der Waals surface area (Å²) >= 11 is 0. The number of fused-ring (bicyclic) bond motifs is 1. The zero-order chi connectivity index (χ0) is 8.84. The van der Waals surface area contributed by atoms with Crippen LogP contribution in [0.2, 0.25) is 0 Å². The number of hydrogen-bond donors (Lipinski definition) is 1. The molecule has 0 saturated heterocycles. The Morgan fingerprint density at radius 3 is 2.15 bits per heavy atom. The summed E-state index contributed by atoms with van der Waals surface area (Å²) in [6, 6.07) is 0.570. The van der Waals surface area contributed by atoms with Gasteiger partial charge in [0.25, 0.3) is 0 Å². The summed E-state index contributed by atoms with van der Waals surface area (Å²) in [7, 11) is 0. The van der Waals surface area contributed by atoms with E-state index in [9.17, 15) is 0 Å². The molecule has 0 aromatic carbocycles. The Hall–Kier alpha value is -0.0400. The molecule has 3 saturated carbocycles. The van der Waals surface area contributed by atoms with E-state index in [1.54, 1.807) is 0 Å². The van der Waals surface area contributed by atoms with E-state index in [1.165, 1.54) is 44.9 Å². The standard InChI is InChI=1S/C12H21N/c13-11(7-8-5-6-8)12-9-3-1-2-4-10(9)12/h8-12H,1-7,13H2. The molecule has 0 aromatic heterocycles. The van der Waals surface area contributed by atoms with Gasteiger partial charge in [0.2, 0.25) is 0 Å². The van der Waals surface area contributed by atoms with Gasteiger partial charge in [-0.05, 0) is 42.9 Å². The van der Waals surface area contributed by atoms with Crippen molar-refractivity contribution in [2.45, 2.75) is 51.0 Å². The predicted molar refractivity (Wildman–Crippen MR) is 54.3 cm³/mol. The Kier molecular flexibility index (Phi) is 1.90. The first kappa shape index (κ1) is 8.28. The highest BCUT2D eigenvalue weighted by molar-refractivity contribution is 5.04. The summed E-state index contributed by atoms with van der Waals surface area (Å²) in [5.74, 6) is 4.09. The molecule has 74 valence electrons. The smallest absolute Gasteiger partial charge is 0.00753 e. The maximum Gasteiger partial charge on any atom is 0.00753 e. The van der Waals surface area contributed by atoms with E-state index in [0.717, 1.165) is 23.7 Å². The first-order valence-corrected chi connectivity index (χ1v) is 6.12. The maximum atomic E-state index is 6.28. The van der Waals surface area contributed by atoms with Crippen molar-refractivity contribution in [3.8, 4) is 0 Å². The van der Waals surface area contributed by atoms with Crippen LogP contribution in [0, 0.1) is 23.7 Å². The van der Waals surface area contributed by atoms with Gasteiger partial charge in [0.15, 0.2) is 0 Å². The highest BCUT2D eigenvalue weighted by Gasteiger charge is 2.53. The van der Waals surface area contributed by atoms with Gasteiger partial charge in [-0.1, -0.05) is 25.7 Å². The molecule has 3 fully saturated rings. The number of rotatable bonds is 3. The summed E-state index contributed by atoms with van der Waals surface area (Å²) in [5.41, 5.74) is 6.28. The molecule has 3 aliphatic rings. The van der Waals surface area contributed by atoms with Crippen molar-refractivity contribution in [3.05, 3.63) is 0 Å². The van der Waals surface area contributed by atoms with Crippen LogP contribution in [0.4, 0.5) is 0 Å². The monoisotopic (exact) mass is 179 g/mol. The Morgan fingerprint density at radius 1 is 1.00 bits per heavy atom. The number of hydrogen-bond acceptors (Lipinski definition) is 1. The minimum atomic E-state index is 0.570. The molecule has 0 spiro atoms. The first-order chi connectivity index (χ1) is 6.36. The second kappa shape index (κ2) is 2.98. The molecule has 3 atom stereocenters. The average Bonchev–Trinajstić information content (AvgIpc) is 2.96. The van der Waals surface area contributed by atoms with E-state index >= 15 is 0 Å². The summed E-state index contributed by atoms with van der Waals surface area (Å²) in [5, 5.41) is 0. The van der Waals surface area contributed by atoms with Gasteiger partial charge in [-0.2, -0.15) is 0 Å². The molecule has 0 radical (unpaired) electrons. The van der Waals surface area contributed by atoms with Crippen LogP contribution in [-0.4, -0.2) is 6.04 Å². The highest BCUT2D eigenvalue weighted by Crippen LogP contribution is 2.57. The molecule has 3 rings (SSSR count). The third-order valence-corrected chi connectivity index (χ3v) is 4.52. The van der Waals surface area contributed by atoms with Crippen LogP contribution >= 0.6 is 0 Å². The van der Waals surface area contributed by atoms with Crippen LogP contribution in [0.25, 0.3) is 0 Å². The van der Waals surface area contributed by atoms with Crippen LogP contribution in [-0.2, 0) is 0 Å². The summed E-state index contributed by atoms with van der Waals surface area (Å²) in [6.45, 7) is 0. The maximum absolute atomic E-state index is 6.28. The van der Waals surface area contributed by atoms with Crippen molar-refractivity contribution in [3.63, 3.8) is 0 Å². The van der Waals surface area contributed by atoms with Crippen molar-refractivity contribution in [1.29, 1.82) is 0 Å². The zero-order valence-electron chi connectivity index (χ0n) is 8.41. The lowest BCUT2D eigenvalue weighted by molar-refractivity contribution is 0.477. The van der Waals surface area contributed by atoms with Crippen LogP contribution in [0.5, 0.6) is 0 Å². The van der Waals surface area contributed by atoms with Gasteiger partial charge in [-0.15, -0.1) is 0 Å². The quantitative estimate of drug-likeness (QED) is 0.708. The summed E-state index contributed by atoms with van der Waals surface area (Å²) in [4.78, 5) is 0. The lowest BCUT2D eigenvalue weighted by Gasteiger charge is -2.09. The molecule has 3 unspecified atom stereocenters. The summed E-state index contributed by atoms with van der Waals surface area (Å²) in [6.07, 6.45) is 10.2. The topological polar surface area (TPSA) is 26.0 Å². The molecular formula is C12H21N. The fourth-order valence-electron chi connectivity index (χ4n) is 3.58. The molecule has 0 bridgehead atoms. The molecule has 1 heteroatoms. The predicted octanol–water partition coefficient (Wildman–Crippen LogP) is 2.55. The van der Waals surface area contributed by atoms with Crippen LogP contribution in [0.3, 0.4) is 0 Å². The minimum absolute atomic E-state index is 0.570. The third kappa shape index (κ3) is 1.52. The Bertz CT molecular complexity index is 185. The SMILES string of the molecule is NC(CC1CC1)C1C2CCCCC21. The van der Waals surface area contributed by atoms with Gasteiger partial charge >= 0.3 is 0 Å². The largest absolute Gasteiger partial charge is 0.327 e. The second-order valence-corrected chi connectivity index (χ2v) is 5.53. The van der Waals surface area contributed by atoms with E-state index < -0.39 is 0 Å². The zero-order valence-corrected chi connectivity index (χ0v) is 8.41. The Balaban J connectivity index is 1.54. The van der Waals surface area contributed by atoms with Crippen LogP contribution < -0.4 is 5.73 Å². The van der Waals surface area contributed by atoms with Crippen molar-refractivity contribution in [1.82, 2.24) is 0 Å². The van der Waals surface area contributed by atoms with Crippen LogP contribution in [0.1, 0.15) is 44.9 Å². The molecular weight excluding hydrogens is 158 g/mol. The third-order valence-electron chi connectivity index (χ3n) is 4.52. The van der Waals surface area contributed by atoms with E-state index in [2.05, 4.69) is 0 Å². The van der Waals surface area contributed by atoms with Crippen molar-refractivity contribution >= 4 is 0 Å². The van der Waals surface area contributed by atoms with E-state index in [1.807, 2.05) is 0 Å². The normalized spacial score (nSPS) is 45.5. The van der Waals surface area contributed by atoms with Gasteiger partial charge < -0.3 is 5.73 Å². The van der Waals surface area contributed by atoms with Gasteiger partial charge in [0.1, 0.15) is 0 Å². The fraction of sp³-hybridized carbons (Fsp3) is 1.00. The molecule has 0 aromatic rings. The Morgan fingerprint density at radius 2 is 1.62 bits per heavy atom. The highest BCUT2D eigenvalue weighted by atomic mass is 14.7. The van der Waals surface area contributed by atoms with Crippen molar-refractivity contribution < 1.29 is 0 Å². The Labute approximate surface area is 81.1 Å². The molecule has 13 heavy (non-hydrogen) atoms. The number of nitrogens with two attached hydrogens (primary N) is 1. The average molecular weight is 179 g/mol.